The molecule has 0 saturated carbocycles. The van der Waals surface area contributed by atoms with E-state index >= 15 is 0 Å². The van der Waals surface area contributed by atoms with Crippen LogP contribution in [-0.4, -0.2) is 67.5 Å². The molecule has 7 N–H and O–H groups in total. The summed E-state index contributed by atoms with van der Waals surface area (Å²) in [7, 11) is -4.80. The second-order valence-electron chi connectivity index (χ2n) is 3.88. The molecule has 10 nitrogen and oxygen atoms in total. The third-order valence-electron chi connectivity index (χ3n) is 2.14. The Morgan fingerprint density at radius 1 is 1.18 bits per heavy atom. The fourth-order valence-electron chi connectivity index (χ4n) is 1.04. The van der Waals surface area contributed by atoms with Crippen molar-refractivity contribution in [2.45, 2.75) is 24.4 Å². The molecule has 0 saturated heterocycles. The van der Waals surface area contributed by atoms with Crippen molar-refractivity contribution in [1.29, 1.82) is 0 Å². The number of aliphatic hydroxyl groups is 4. The number of carbonyl (C=O) groups is 1. The molecule has 0 aromatic carbocycles. The zero-order chi connectivity index (χ0) is 17.2. The van der Waals surface area contributed by atoms with Crippen LogP contribution < -0.4 is 4.72 Å². The lowest BCUT2D eigenvalue weighted by atomic mass is 10.0. The summed E-state index contributed by atoms with van der Waals surface area (Å²) >= 11 is 1.58. The maximum atomic E-state index is 10.2. The van der Waals surface area contributed by atoms with Crippen LogP contribution in [-0.2, 0) is 13.9 Å². The van der Waals surface area contributed by atoms with Gasteiger partial charge in [-0.15, -0.1) is 0 Å². The summed E-state index contributed by atoms with van der Waals surface area (Å²) in [5.74, 6) is 0. The number of hydrogen-bond donors (Lipinski definition) is 7. The van der Waals surface area contributed by atoms with Crippen molar-refractivity contribution in [1.82, 2.24) is 4.72 Å². The van der Waals surface area contributed by atoms with Crippen molar-refractivity contribution in [3.8, 4) is 0 Å². The topological polar surface area (TPSA) is 177 Å². The fourth-order valence-corrected chi connectivity index (χ4v) is 1.79. The molecular formula is C10H18NO9PS. The normalized spacial score (nSPS) is 19.2. The third kappa shape index (κ3) is 10.1. The monoisotopic (exact) mass is 359 g/mol. The molecule has 0 aliphatic carbocycles. The Bertz CT molecular complexity index is 415. The van der Waals surface area contributed by atoms with Crippen LogP contribution >= 0.6 is 19.8 Å². The Morgan fingerprint density at radius 3 is 2.14 bits per heavy atom. The van der Waals surface area contributed by atoms with Gasteiger partial charge in [0, 0.05) is 6.20 Å². The van der Waals surface area contributed by atoms with Gasteiger partial charge in [0.05, 0.1) is 6.61 Å². The molecule has 0 bridgehead atoms. The molecule has 0 aromatic rings. The quantitative estimate of drug-likeness (QED) is 0.152. The number of phosphoric acid groups is 1. The standard InChI is InChI=1S/C6H13O9P.C4H5NS/c7-1-3(8)5(10)6(11)4(9)2-15-16(12,13)14;1-2-4-6-5-3-1/h1,3-6,8-11H,2H2,(H2,12,13,14);1-5H/t3-,4+,5+,6+;/m0./s1. The Morgan fingerprint density at radius 2 is 1.82 bits per heavy atom. The van der Waals surface area contributed by atoms with Crippen molar-refractivity contribution >= 4 is 26.1 Å². The van der Waals surface area contributed by atoms with Crippen LogP contribution in [0.4, 0.5) is 0 Å². The highest BCUT2D eigenvalue weighted by Gasteiger charge is 2.31. The number of aliphatic hydroxyl groups excluding tert-OH is 4. The number of allylic oxidation sites excluding steroid dienone is 2. The van der Waals surface area contributed by atoms with Gasteiger partial charge in [-0.05, 0) is 23.4 Å². The largest absolute Gasteiger partial charge is 0.469 e. The fraction of sp³-hybridized carbons (Fsp3) is 0.500. The van der Waals surface area contributed by atoms with E-state index in [9.17, 15) is 9.36 Å². The van der Waals surface area contributed by atoms with E-state index in [1.54, 1.807) is 11.9 Å². The van der Waals surface area contributed by atoms with Crippen molar-refractivity contribution < 1.29 is 44.1 Å². The first-order valence-corrected chi connectivity index (χ1v) is 8.20. The van der Waals surface area contributed by atoms with E-state index in [2.05, 4.69) is 9.25 Å². The average molecular weight is 359 g/mol. The van der Waals surface area contributed by atoms with Crippen LogP contribution in [0.2, 0.25) is 0 Å². The summed E-state index contributed by atoms with van der Waals surface area (Å²) < 4.78 is 17.0. The molecule has 0 spiro atoms. The molecular weight excluding hydrogens is 341 g/mol. The van der Waals surface area contributed by atoms with E-state index in [1.807, 2.05) is 23.8 Å². The summed E-state index contributed by atoms with van der Waals surface area (Å²) in [5, 5.41) is 38.0. The van der Waals surface area contributed by atoms with E-state index < -0.39 is 38.8 Å². The van der Waals surface area contributed by atoms with E-state index in [4.69, 9.17) is 30.2 Å². The molecule has 1 rings (SSSR count). The van der Waals surface area contributed by atoms with Crippen molar-refractivity contribution in [3.63, 3.8) is 0 Å². The molecule has 0 unspecified atom stereocenters. The first kappa shape index (κ1) is 21.2. The Hall–Kier alpha value is -0.750. The summed E-state index contributed by atoms with van der Waals surface area (Å²) in [5.41, 5.74) is 0. The molecule has 22 heavy (non-hydrogen) atoms. The predicted octanol–water partition coefficient (Wildman–Crippen LogP) is -2.00. The van der Waals surface area contributed by atoms with E-state index in [0.717, 1.165) is 0 Å². The van der Waals surface area contributed by atoms with Crippen LogP contribution in [0.15, 0.2) is 23.8 Å². The first-order chi connectivity index (χ1) is 10.2. The third-order valence-corrected chi connectivity index (χ3v) is 3.19. The Kier molecular flexibility index (Phi) is 10.5. The van der Waals surface area contributed by atoms with Gasteiger partial charge >= 0.3 is 7.82 Å². The smallest absolute Gasteiger partial charge is 0.388 e. The first-order valence-electron chi connectivity index (χ1n) is 5.79. The van der Waals surface area contributed by atoms with E-state index in [1.165, 1.54) is 0 Å². The summed E-state index contributed by atoms with van der Waals surface area (Å²) in [6.07, 6.45) is -1.97. The van der Waals surface area contributed by atoms with Crippen LogP contribution in [0, 0.1) is 0 Å². The average Bonchev–Trinajstić information content (AvgIpc) is 2.51. The number of hydrogen-bond acceptors (Lipinski definition) is 9. The van der Waals surface area contributed by atoms with Crippen molar-refractivity contribution in [2.24, 2.45) is 0 Å². The van der Waals surface area contributed by atoms with Gasteiger partial charge in [0.2, 0.25) is 0 Å². The minimum Gasteiger partial charge on any atom is -0.388 e. The van der Waals surface area contributed by atoms with Gasteiger partial charge in [-0.25, -0.2) is 4.57 Å². The molecule has 1 aliphatic rings. The Labute approximate surface area is 130 Å². The molecule has 0 fully saturated rings. The maximum absolute atomic E-state index is 10.2. The van der Waals surface area contributed by atoms with Gasteiger partial charge in [0.1, 0.15) is 24.4 Å². The SMILES string of the molecule is C1=CNSC=C1.O=C[C@H](O)[C@@H](O)[C@H](O)[C@H](O)COP(=O)(O)O. The zero-order valence-electron chi connectivity index (χ0n) is 11.2. The lowest BCUT2D eigenvalue weighted by Crippen LogP contribution is -2.46. The highest BCUT2D eigenvalue weighted by molar-refractivity contribution is 8.00. The predicted molar refractivity (Wildman–Crippen MR) is 77.1 cm³/mol. The van der Waals surface area contributed by atoms with Gasteiger partial charge in [0.15, 0.2) is 6.29 Å². The number of aldehydes is 1. The molecule has 1 heterocycles. The minimum atomic E-state index is -4.80. The molecule has 128 valence electrons. The van der Waals surface area contributed by atoms with E-state index in [0.29, 0.717) is 0 Å². The second kappa shape index (κ2) is 10.9. The number of phosphoric ester groups is 1. The Balaban J connectivity index is 0.000000604. The van der Waals surface area contributed by atoms with Gasteiger partial charge < -0.3 is 39.7 Å². The van der Waals surface area contributed by atoms with Crippen LogP contribution in [0.3, 0.4) is 0 Å². The lowest BCUT2D eigenvalue weighted by molar-refractivity contribution is -0.136. The molecule has 1 aliphatic heterocycles. The van der Waals surface area contributed by atoms with Crippen LogP contribution in [0.25, 0.3) is 0 Å². The number of nitrogens with one attached hydrogen (secondary N) is 1. The molecule has 0 radical (unpaired) electrons. The molecule has 0 aromatic heterocycles. The molecule has 12 heteroatoms. The highest BCUT2D eigenvalue weighted by atomic mass is 32.2. The highest BCUT2D eigenvalue weighted by Crippen LogP contribution is 2.35. The molecule has 0 amide bonds. The second-order valence-corrected chi connectivity index (χ2v) is 5.87. The number of carbonyl (C=O) groups excluding carboxylic acids is 1. The van der Waals surface area contributed by atoms with Gasteiger partial charge in [-0.3, -0.25) is 4.52 Å². The summed E-state index contributed by atoms with van der Waals surface area (Å²) in [6.45, 7) is -0.964. The lowest BCUT2D eigenvalue weighted by Gasteiger charge is -2.23. The summed E-state index contributed by atoms with van der Waals surface area (Å²) in [6, 6.07) is 0. The van der Waals surface area contributed by atoms with Crippen LogP contribution in [0.1, 0.15) is 0 Å². The van der Waals surface area contributed by atoms with Gasteiger partial charge in [-0.1, -0.05) is 6.08 Å². The van der Waals surface area contributed by atoms with Gasteiger partial charge in [0.25, 0.3) is 0 Å². The summed E-state index contributed by atoms with van der Waals surface area (Å²) in [4.78, 5) is 26.6. The van der Waals surface area contributed by atoms with Crippen molar-refractivity contribution in [2.75, 3.05) is 6.61 Å². The zero-order valence-corrected chi connectivity index (χ0v) is 12.9. The maximum Gasteiger partial charge on any atom is 0.469 e. The number of rotatable bonds is 7. The van der Waals surface area contributed by atoms with Gasteiger partial charge in [-0.2, -0.15) is 0 Å². The van der Waals surface area contributed by atoms with E-state index in [-0.39, 0.29) is 6.29 Å². The molecule has 4 atom stereocenters. The minimum absolute atomic E-state index is 0.0650. The van der Waals surface area contributed by atoms with Crippen LogP contribution in [0.5, 0.6) is 0 Å². The van der Waals surface area contributed by atoms with Crippen molar-refractivity contribution in [3.05, 3.63) is 23.8 Å².